The Kier molecular flexibility index (Phi) is 6.79. The van der Waals surface area contributed by atoms with E-state index in [2.05, 4.69) is 5.73 Å². The first-order chi connectivity index (χ1) is 9.43. The number of phenolic OH excluding ortho intramolecular Hbond substituents is 1. The van der Waals surface area contributed by atoms with Crippen molar-refractivity contribution in [3.8, 4) is 5.75 Å². The van der Waals surface area contributed by atoms with Crippen molar-refractivity contribution >= 4 is 11.6 Å². The Bertz CT molecular complexity index is 507. The topological polar surface area (TPSA) is 80.9 Å². The van der Waals surface area contributed by atoms with Crippen molar-refractivity contribution in [3.63, 3.8) is 0 Å². The molecule has 0 aliphatic heterocycles. The van der Waals surface area contributed by atoms with Crippen LogP contribution in [0.4, 0.5) is 0 Å². The van der Waals surface area contributed by atoms with Gasteiger partial charge in [-0.2, -0.15) is 0 Å². The van der Waals surface area contributed by atoms with Crippen molar-refractivity contribution in [1.29, 1.82) is 0 Å². The average Bonchev–Trinajstić information content (AvgIpc) is 2.38. The second-order valence-corrected chi connectivity index (χ2v) is 5.03. The summed E-state index contributed by atoms with van der Waals surface area (Å²) in [7, 11) is 0. The van der Waals surface area contributed by atoms with E-state index in [1.54, 1.807) is 19.1 Å². The number of hydrogen-bond donors (Lipinski definition) is 4. The zero-order valence-corrected chi connectivity index (χ0v) is 12.0. The highest BCUT2D eigenvalue weighted by Crippen LogP contribution is 2.28. The third-order valence-electron chi connectivity index (χ3n) is 2.79. The number of halogens is 1. The van der Waals surface area contributed by atoms with Gasteiger partial charge < -0.3 is 20.4 Å². The van der Waals surface area contributed by atoms with E-state index in [0.29, 0.717) is 23.4 Å². The Labute approximate surface area is 123 Å². The molecule has 5 heteroatoms. The SMILES string of the molecule is CC(=C=CC[C@@H](O)c1ccc(O)cc1Cl)C[C@@H](O)CO. The van der Waals surface area contributed by atoms with E-state index in [4.69, 9.17) is 16.7 Å². The Morgan fingerprint density at radius 3 is 2.70 bits per heavy atom. The maximum atomic E-state index is 10.00. The molecule has 1 rings (SSSR count). The minimum absolute atomic E-state index is 0.0511. The van der Waals surface area contributed by atoms with Crippen LogP contribution in [-0.4, -0.2) is 33.1 Å². The molecule has 0 amide bonds. The minimum atomic E-state index is -0.786. The predicted octanol–water partition coefficient (Wildman–Crippen LogP) is 2.31. The van der Waals surface area contributed by atoms with Gasteiger partial charge in [-0.15, -0.1) is 5.73 Å². The smallest absolute Gasteiger partial charge is 0.117 e. The largest absolute Gasteiger partial charge is 0.508 e. The molecule has 0 spiro atoms. The first-order valence-corrected chi connectivity index (χ1v) is 6.68. The minimum Gasteiger partial charge on any atom is -0.508 e. The molecular formula is C15H19ClO4. The number of rotatable bonds is 6. The summed E-state index contributed by atoms with van der Waals surface area (Å²) >= 11 is 5.93. The lowest BCUT2D eigenvalue weighted by Gasteiger charge is -2.10. The lowest BCUT2D eigenvalue weighted by atomic mass is 10.1. The van der Waals surface area contributed by atoms with Gasteiger partial charge in [0.1, 0.15) is 5.75 Å². The van der Waals surface area contributed by atoms with Crippen LogP contribution in [0, 0.1) is 0 Å². The second-order valence-electron chi connectivity index (χ2n) is 4.63. The van der Waals surface area contributed by atoms with Crippen LogP contribution in [0.2, 0.25) is 5.02 Å². The van der Waals surface area contributed by atoms with Crippen molar-refractivity contribution in [2.24, 2.45) is 0 Å². The number of aliphatic hydroxyl groups excluding tert-OH is 3. The average molecular weight is 299 g/mol. The fraction of sp³-hybridized carbons (Fsp3) is 0.400. The van der Waals surface area contributed by atoms with Crippen molar-refractivity contribution < 1.29 is 20.4 Å². The number of aliphatic hydroxyl groups is 3. The van der Waals surface area contributed by atoms with E-state index in [0.717, 1.165) is 5.57 Å². The van der Waals surface area contributed by atoms with E-state index in [1.807, 2.05) is 0 Å². The fourth-order valence-electron chi connectivity index (χ4n) is 1.73. The number of benzene rings is 1. The molecule has 1 aromatic rings. The molecule has 0 aliphatic carbocycles. The van der Waals surface area contributed by atoms with Gasteiger partial charge >= 0.3 is 0 Å². The summed E-state index contributed by atoms with van der Waals surface area (Å²) in [5.41, 5.74) is 4.27. The van der Waals surface area contributed by atoms with Gasteiger partial charge in [-0.1, -0.05) is 17.7 Å². The molecule has 0 bridgehead atoms. The summed E-state index contributed by atoms with van der Waals surface area (Å²) in [6.45, 7) is 1.50. The van der Waals surface area contributed by atoms with Crippen molar-refractivity contribution in [1.82, 2.24) is 0 Å². The van der Waals surface area contributed by atoms with E-state index in [-0.39, 0.29) is 12.4 Å². The molecule has 0 saturated heterocycles. The summed E-state index contributed by atoms with van der Waals surface area (Å²) in [4.78, 5) is 0. The monoisotopic (exact) mass is 298 g/mol. The maximum absolute atomic E-state index is 10.00. The van der Waals surface area contributed by atoms with E-state index in [9.17, 15) is 15.3 Å². The molecule has 0 radical (unpaired) electrons. The highest BCUT2D eigenvalue weighted by Gasteiger charge is 2.10. The van der Waals surface area contributed by atoms with Crippen molar-refractivity contribution in [2.45, 2.75) is 32.0 Å². The summed E-state index contributed by atoms with van der Waals surface area (Å²) in [5.74, 6) is 0.0511. The van der Waals surface area contributed by atoms with Gasteiger partial charge in [-0.3, -0.25) is 0 Å². The first-order valence-electron chi connectivity index (χ1n) is 6.30. The third-order valence-corrected chi connectivity index (χ3v) is 3.11. The Balaban J connectivity index is 2.66. The van der Waals surface area contributed by atoms with E-state index >= 15 is 0 Å². The van der Waals surface area contributed by atoms with Gasteiger partial charge in [-0.25, -0.2) is 0 Å². The number of hydrogen-bond acceptors (Lipinski definition) is 4. The Morgan fingerprint density at radius 1 is 1.40 bits per heavy atom. The van der Waals surface area contributed by atoms with Gasteiger partial charge in [0.15, 0.2) is 0 Å². The number of phenols is 1. The molecule has 0 heterocycles. The van der Waals surface area contributed by atoms with E-state index < -0.39 is 12.2 Å². The van der Waals surface area contributed by atoms with Crippen LogP contribution >= 0.6 is 11.6 Å². The maximum Gasteiger partial charge on any atom is 0.117 e. The standard InChI is InChI=1S/C15H19ClO4/c1-10(7-12(19)9-17)3-2-4-15(20)13-6-5-11(18)8-14(13)16/h2,5-6,8,12,15,17-20H,4,7,9H2,1H3/t3?,12-,15-/m1/s1. The van der Waals surface area contributed by atoms with Crippen LogP contribution in [0.3, 0.4) is 0 Å². The lowest BCUT2D eigenvalue weighted by Crippen LogP contribution is -2.11. The number of aromatic hydroxyl groups is 1. The quantitative estimate of drug-likeness (QED) is 0.608. The molecule has 0 aromatic heterocycles. The van der Waals surface area contributed by atoms with Gasteiger partial charge in [0.2, 0.25) is 0 Å². The molecule has 0 unspecified atom stereocenters. The summed E-state index contributed by atoms with van der Waals surface area (Å²) in [5, 5.41) is 37.5. The molecule has 20 heavy (non-hydrogen) atoms. The third kappa shape index (κ3) is 5.37. The molecule has 0 aliphatic rings. The second kappa shape index (κ2) is 8.10. The predicted molar refractivity (Wildman–Crippen MR) is 77.7 cm³/mol. The summed E-state index contributed by atoms with van der Waals surface area (Å²) in [6, 6.07) is 4.41. The highest BCUT2D eigenvalue weighted by atomic mass is 35.5. The lowest BCUT2D eigenvalue weighted by molar-refractivity contribution is 0.0955. The molecule has 2 atom stereocenters. The van der Waals surface area contributed by atoms with Crippen LogP contribution in [0.1, 0.15) is 31.4 Å². The van der Waals surface area contributed by atoms with E-state index in [1.165, 1.54) is 12.1 Å². The summed E-state index contributed by atoms with van der Waals surface area (Å²) in [6.07, 6.45) is 0.742. The molecule has 4 N–H and O–H groups in total. The van der Waals surface area contributed by atoms with Gasteiger partial charge in [0, 0.05) is 12.8 Å². The normalized spacial score (nSPS) is 13.4. The van der Waals surface area contributed by atoms with Crippen LogP contribution in [0.15, 0.2) is 35.6 Å². The first kappa shape index (κ1) is 16.8. The highest BCUT2D eigenvalue weighted by molar-refractivity contribution is 6.31. The van der Waals surface area contributed by atoms with Crippen molar-refractivity contribution in [3.05, 3.63) is 46.2 Å². The van der Waals surface area contributed by atoms with Crippen LogP contribution in [0.5, 0.6) is 5.75 Å². The molecule has 0 saturated carbocycles. The molecule has 0 fully saturated rings. The molecule has 1 aromatic carbocycles. The summed E-state index contributed by atoms with van der Waals surface area (Å²) < 4.78 is 0. The molecular weight excluding hydrogens is 280 g/mol. The molecule has 110 valence electrons. The van der Waals surface area contributed by atoms with Gasteiger partial charge in [0.05, 0.1) is 23.8 Å². The fourth-order valence-corrected chi connectivity index (χ4v) is 2.04. The van der Waals surface area contributed by atoms with Crippen LogP contribution in [-0.2, 0) is 0 Å². The van der Waals surface area contributed by atoms with Crippen LogP contribution in [0.25, 0.3) is 0 Å². The van der Waals surface area contributed by atoms with Gasteiger partial charge in [0.25, 0.3) is 0 Å². The molecule has 4 nitrogen and oxygen atoms in total. The zero-order chi connectivity index (χ0) is 15.1. The zero-order valence-electron chi connectivity index (χ0n) is 11.3. The Morgan fingerprint density at radius 2 is 2.10 bits per heavy atom. The van der Waals surface area contributed by atoms with Crippen LogP contribution < -0.4 is 0 Å². The Hall–Kier alpha value is -1.29. The van der Waals surface area contributed by atoms with Crippen molar-refractivity contribution in [2.75, 3.05) is 6.61 Å². The van der Waals surface area contributed by atoms with Gasteiger partial charge in [-0.05, 0) is 36.3 Å².